The third-order valence-electron chi connectivity index (χ3n) is 13.1. The van der Waals surface area contributed by atoms with Crippen molar-refractivity contribution in [2.45, 2.75) is 57.3 Å². The van der Waals surface area contributed by atoms with Crippen molar-refractivity contribution >= 4 is 67.1 Å². The van der Waals surface area contributed by atoms with E-state index in [1.165, 1.54) is 33.5 Å². The summed E-state index contributed by atoms with van der Waals surface area (Å²) >= 11 is 6.27. The second-order valence-corrected chi connectivity index (χ2v) is 20.3. The maximum absolute atomic E-state index is 14.4. The van der Waals surface area contributed by atoms with Gasteiger partial charge in [0.2, 0.25) is 0 Å². The Morgan fingerprint density at radius 2 is 1.74 bits per heavy atom. The standard InChI is InChI=1S/C47H54ClN9O7S/c1-47(2)16-12-34(40(29-47)33-4-6-35(48)7-5-33)31-53-19-21-54(22-20-53)36-8-10-39(42(26-36)55-18-3-23-64-46-44(55)27-37-13-17-50-56(37)51-46)45(58)52-65(61,62)38-9-11-41(43(28-38)57(59)60)49-30-32-14-24-63-25-15-32/h4-11,13,17,26-28,32,49H,3,12,14-16,18-25,29-31H2,1-2H3,(H,52,58). The van der Waals surface area contributed by atoms with E-state index >= 15 is 0 Å². The Kier molecular flexibility index (Phi) is 12.7. The normalized spacial score (nSPS) is 18.5. The number of carbonyl (C=O) groups excluding carboxylic acids is 1. The number of sulfonamides is 1. The van der Waals surface area contributed by atoms with Gasteiger partial charge in [0.25, 0.3) is 27.5 Å². The van der Waals surface area contributed by atoms with E-state index in [2.05, 4.69) is 56.0 Å². The predicted molar refractivity (Wildman–Crippen MR) is 251 cm³/mol. The van der Waals surface area contributed by atoms with E-state index in [1.54, 1.807) is 12.3 Å². The van der Waals surface area contributed by atoms with Gasteiger partial charge in [-0.25, -0.2) is 13.1 Å². The van der Waals surface area contributed by atoms with Gasteiger partial charge in [-0.05, 0) is 116 Å². The number of piperazine rings is 1. The SMILES string of the molecule is CC1(C)CCC(CN2CCN(c3ccc(C(=O)NS(=O)(=O)c4ccc(NCC5CCOCC5)c([N+](=O)[O-])c4)c(N4CCCOc5nn6nccc6cc54)c3)CC2)=C(c2ccc(Cl)cc2)C1. The van der Waals surface area contributed by atoms with Crippen LogP contribution in [0, 0.1) is 21.4 Å². The lowest BCUT2D eigenvalue weighted by Crippen LogP contribution is -2.47. The Morgan fingerprint density at radius 1 is 0.954 bits per heavy atom. The van der Waals surface area contributed by atoms with Crippen molar-refractivity contribution in [1.82, 2.24) is 24.4 Å². The number of nitrogens with one attached hydrogen (secondary N) is 2. The highest BCUT2D eigenvalue weighted by molar-refractivity contribution is 7.90. The van der Waals surface area contributed by atoms with E-state index in [9.17, 15) is 23.3 Å². The molecule has 0 bridgehead atoms. The van der Waals surface area contributed by atoms with Gasteiger partial charge in [0.15, 0.2) is 0 Å². The van der Waals surface area contributed by atoms with E-state index < -0.39 is 31.4 Å². The molecule has 2 saturated heterocycles. The number of hydrogen-bond donors (Lipinski definition) is 2. The molecule has 0 atom stereocenters. The molecule has 4 aliphatic rings. The first-order chi connectivity index (χ1) is 31.3. The van der Waals surface area contributed by atoms with Crippen molar-refractivity contribution in [2.24, 2.45) is 11.3 Å². The summed E-state index contributed by atoms with van der Waals surface area (Å²) in [7, 11) is -4.57. The molecule has 2 aromatic heterocycles. The third-order valence-corrected chi connectivity index (χ3v) is 14.7. The molecule has 65 heavy (non-hydrogen) atoms. The number of benzene rings is 3. The lowest BCUT2D eigenvalue weighted by molar-refractivity contribution is -0.384. The summed E-state index contributed by atoms with van der Waals surface area (Å²) in [5.74, 6) is -0.285. The number of allylic oxidation sites excluding steroid dienone is 1. The average Bonchev–Trinajstić information content (AvgIpc) is 3.66. The van der Waals surface area contributed by atoms with Gasteiger partial charge in [-0.2, -0.15) is 5.10 Å². The minimum absolute atomic E-state index is 0.100. The number of halogens is 1. The quantitative estimate of drug-likeness (QED) is 0.0912. The van der Waals surface area contributed by atoms with Crippen LogP contribution in [0.1, 0.15) is 68.3 Å². The number of aromatic nitrogens is 3. The lowest BCUT2D eigenvalue weighted by atomic mass is 9.72. The van der Waals surface area contributed by atoms with E-state index in [0.29, 0.717) is 62.1 Å². The maximum Gasteiger partial charge on any atom is 0.293 e. The molecule has 1 aliphatic carbocycles. The minimum Gasteiger partial charge on any atom is -0.475 e. The largest absolute Gasteiger partial charge is 0.475 e. The topological polar surface area (TPSA) is 177 Å². The highest BCUT2D eigenvalue weighted by atomic mass is 35.5. The van der Waals surface area contributed by atoms with Gasteiger partial charge in [-0.3, -0.25) is 19.8 Å². The van der Waals surface area contributed by atoms with Crippen LogP contribution in [0.25, 0.3) is 11.1 Å². The number of nitro groups is 1. The number of carbonyl (C=O) groups is 1. The van der Waals surface area contributed by atoms with Gasteiger partial charge in [0, 0.05) is 75.8 Å². The summed E-state index contributed by atoms with van der Waals surface area (Å²) < 4.78 is 43.1. The van der Waals surface area contributed by atoms with E-state index in [1.807, 2.05) is 41.3 Å². The van der Waals surface area contributed by atoms with E-state index in [0.717, 1.165) is 81.6 Å². The number of nitro benzene ring substituents is 1. The van der Waals surface area contributed by atoms with E-state index in [-0.39, 0.29) is 22.6 Å². The molecule has 3 aromatic carbocycles. The molecule has 0 radical (unpaired) electrons. The molecule has 0 spiro atoms. The van der Waals surface area contributed by atoms with Crippen molar-refractivity contribution in [3.05, 3.63) is 111 Å². The second-order valence-electron chi connectivity index (χ2n) is 18.1. The first-order valence-corrected chi connectivity index (χ1v) is 24.2. The summed E-state index contributed by atoms with van der Waals surface area (Å²) in [5, 5.41) is 24.9. The Hall–Kier alpha value is -5.75. The van der Waals surface area contributed by atoms with Crippen LogP contribution in [-0.2, 0) is 14.8 Å². The number of amides is 1. The van der Waals surface area contributed by atoms with Crippen LogP contribution in [0.4, 0.5) is 28.4 Å². The zero-order chi connectivity index (χ0) is 45.3. The monoisotopic (exact) mass is 923 g/mol. The molecule has 9 rings (SSSR count). The fraction of sp³-hybridized carbons (Fsp3) is 0.426. The summed E-state index contributed by atoms with van der Waals surface area (Å²) in [6, 6.07) is 21.0. The van der Waals surface area contributed by atoms with Crippen LogP contribution in [0.2, 0.25) is 5.02 Å². The first-order valence-electron chi connectivity index (χ1n) is 22.3. The molecule has 18 heteroatoms. The van der Waals surface area contributed by atoms with Crippen molar-refractivity contribution in [2.75, 3.05) is 80.8 Å². The van der Waals surface area contributed by atoms with Crippen LogP contribution in [0.15, 0.2) is 89.5 Å². The van der Waals surface area contributed by atoms with Crippen molar-refractivity contribution in [3.63, 3.8) is 0 Å². The molecule has 1 amide bonds. The Bertz CT molecular complexity index is 2730. The fourth-order valence-electron chi connectivity index (χ4n) is 9.34. The molecule has 5 aromatic rings. The van der Waals surface area contributed by atoms with E-state index in [4.69, 9.17) is 21.1 Å². The Balaban J connectivity index is 0.986. The molecule has 0 saturated carbocycles. The average molecular weight is 925 g/mol. The van der Waals surface area contributed by atoms with Crippen LogP contribution in [0.5, 0.6) is 5.88 Å². The van der Waals surface area contributed by atoms with Gasteiger partial charge in [-0.15, -0.1) is 9.73 Å². The number of anilines is 4. The summed E-state index contributed by atoms with van der Waals surface area (Å²) in [4.78, 5) is 32.3. The minimum atomic E-state index is -4.57. The molecular weight excluding hydrogens is 870 g/mol. The Labute approximate surface area is 383 Å². The van der Waals surface area contributed by atoms with Crippen LogP contribution in [-0.4, -0.2) is 105 Å². The molecular formula is C47H54ClN9O7S. The fourth-order valence-corrected chi connectivity index (χ4v) is 10.5. The third kappa shape index (κ3) is 9.93. The number of nitrogens with zero attached hydrogens (tertiary/aromatic N) is 7. The van der Waals surface area contributed by atoms with Crippen LogP contribution < -0.4 is 24.6 Å². The molecule has 2 N–H and O–H groups in total. The lowest BCUT2D eigenvalue weighted by Gasteiger charge is -2.39. The van der Waals surface area contributed by atoms with Crippen molar-refractivity contribution in [1.29, 1.82) is 0 Å². The highest BCUT2D eigenvalue weighted by Gasteiger charge is 2.32. The summed E-state index contributed by atoms with van der Waals surface area (Å²) in [6.45, 7) is 11.3. The highest BCUT2D eigenvalue weighted by Crippen LogP contribution is 2.44. The number of rotatable bonds is 12. The predicted octanol–water partition coefficient (Wildman–Crippen LogP) is 7.95. The second kappa shape index (κ2) is 18.6. The number of hydrogen-bond acceptors (Lipinski definition) is 13. The van der Waals surface area contributed by atoms with Crippen molar-refractivity contribution < 1.29 is 27.6 Å². The Morgan fingerprint density at radius 3 is 2.51 bits per heavy atom. The summed E-state index contributed by atoms with van der Waals surface area (Å²) in [5.41, 5.74) is 6.91. The van der Waals surface area contributed by atoms with Gasteiger partial charge in [0.05, 0.1) is 39.4 Å². The zero-order valence-electron chi connectivity index (χ0n) is 36.7. The number of fused-ring (bicyclic) bond motifs is 2. The molecule has 3 aliphatic heterocycles. The molecule has 2 fully saturated rings. The first kappa shape index (κ1) is 44.5. The number of ether oxygens (including phenoxy) is 2. The van der Waals surface area contributed by atoms with Gasteiger partial charge < -0.3 is 24.6 Å². The van der Waals surface area contributed by atoms with Gasteiger partial charge in [-0.1, -0.05) is 43.2 Å². The molecule has 342 valence electrons. The molecule has 0 unspecified atom stereocenters. The zero-order valence-corrected chi connectivity index (χ0v) is 38.2. The van der Waals surface area contributed by atoms with Crippen LogP contribution >= 0.6 is 11.6 Å². The summed E-state index contributed by atoms with van der Waals surface area (Å²) in [6.07, 6.45) is 7.07. The van der Waals surface area contributed by atoms with Gasteiger partial charge >= 0.3 is 0 Å². The van der Waals surface area contributed by atoms with Gasteiger partial charge in [0.1, 0.15) is 11.4 Å². The van der Waals surface area contributed by atoms with Crippen LogP contribution in [0.3, 0.4) is 0 Å². The van der Waals surface area contributed by atoms with Crippen molar-refractivity contribution in [3.8, 4) is 5.88 Å². The molecule has 16 nitrogen and oxygen atoms in total. The smallest absolute Gasteiger partial charge is 0.293 e. The molecule has 5 heterocycles. The maximum atomic E-state index is 14.4.